The third-order valence-electron chi connectivity index (χ3n) is 4.51. The van der Waals surface area contributed by atoms with Crippen LogP contribution in [-0.2, 0) is 19.4 Å². The summed E-state index contributed by atoms with van der Waals surface area (Å²) in [5, 5.41) is 0. The number of nitrogens with zero attached hydrogens (tertiary/aromatic N) is 2. The quantitative estimate of drug-likeness (QED) is 0.941. The van der Waals surface area contributed by atoms with Crippen molar-refractivity contribution >= 4 is 0 Å². The van der Waals surface area contributed by atoms with Crippen molar-refractivity contribution < 1.29 is 4.42 Å². The first kappa shape index (κ1) is 14.4. The van der Waals surface area contributed by atoms with Crippen LogP contribution in [0.2, 0.25) is 0 Å². The molecule has 2 aromatic heterocycles. The van der Waals surface area contributed by atoms with Crippen molar-refractivity contribution in [3.8, 4) is 0 Å². The highest BCUT2D eigenvalue weighted by Crippen LogP contribution is 2.41. The Bertz CT molecular complexity index is 651. The predicted octanol–water partition coefficient (Wildman–Crippen LogP) is 3.37. The van der Waals surface area contributed by atoms with Crippen LogP contribution in [0.3, 0.4) is 0 Å². The highest BCUT2D eigenvalue weighted by Gasteiger charge is 2.33. The highest BCUT2D eigenvalue weighted by molar-refractivity contribution is 5.34. The van der Waals surface area contributed by atoms with Crippen molar-refractivity contribution in [3.63, 3.8) is 0 Å². The summed E-state index contributed by atoms with van der Waals surface area (Å²) in [6, 6.07) is 2.37. The minimum Gasteiger partial charge on any atom is -0.444 e. The monoisotopic (exact) mass is 287 g/mol. The lowest BCUT2D eigenvalue weighted by atomic mass is 9.74. The maximum atomic E-state index is 6.37. The molecule has 2 heterocycles. The minimum atomic E-state index is 0.138. The van der Waals surface area contributed by atoms with Gasteiger partial charge in [0.05, 0.1) is 12.7 Å². The molecule has 4 heteroatoms. The summed E-state index contributed by atoms with van der Waals surface area (Å²) in [7, 11) is 0. The number of rotatable bonds is 3. The Morgan fingerprint density at radius 3 is 2.90 bits per heavy atom. The van der Waals surface area contributed by atoms with Crippen LogP contribution in [-0.4, -0.2) is 9.55 Å². The van der Waals surface area contributed by atoms with Gasteiger partial charge in [-0.25, -0.2) is 4.98 Å². The molecule has 2 aromatic rings. The summed E-state index contributed by atoms with van der Waals surface area (Å²) in [5.41, 5.74) is 10.5. The summed E-state index contributed by atoms with van der Waals surface area (Å²) < 4.78 is 8.09. The molecular formula is C17H25N3O. The molecule has 0 fully saturated rings. The Morgan fingerprint density at radius 2 is 2.24 bits per heavy atom. The van der Waals surface area contributed by atoms with Crippen LogP contribution in [0.15, 0.2) is 16.7 Å². The summed E-state index contributed by atoms with van der Waals surface area (Å²) in [4.78, 5) is 4.39. The summed E-state index contributed by atoms with van der Waals surface area (Å²) in [6.45, 7) is 9.51. The van der Waals surface area contributed by atoms with E-state index in [2.05, 4.69) is 43.3 Å². The average Bonchev–Trinajstić information content (AvgIpc) is 2.96. The summed E-state index contributed by atoms with van der Waals surface area (Å²) in [6.07, 6.45) is 4.82. The Morgan fingerprint density at radius 1 is 1.48 bits per heavy atom. The van der Waals surface area contributed by atoms with Crippen LogP contribution >= 0.6 is 0 Å². The fourth-order valence-corrected chi connectivity index (χ4v) is 3.44. The summed E-state index contributed by atoms with van der Waals surface area (Å²) in [5.74, 6) is 1.73. The van der Waals surface area contributed by atoms with E-state index >= 15 is 0 Å². The molecule has 1 atom stereocenters. The Hall–Kier alpha value is -1.55. The SMILES string of the molecule is CCc1cnc(Cn2c(C)cc3c2CC(C)(C)CC3N)o1. The third kappa shape index (κ3) is 2.64. The number of oxazole rings is 1. The molecule has 0 amide bonds. The van der Waals surface area contributed by atoms with Gasteiger partial charge in [-0.15, -0.1) is 0 Å². The Kier molecular flexibility index (Phi) is 3.44. The molecule has 1 unspecified atom stereocenters. The van der Waals surface area contributed by atoms with Crippen molar-refractivity contribution in [2.45, 2.75) is 59.5 Å². The fraction of sp³-hybridized carbons (Fsp3) is 0.588. The molecule has 0 radical (unpaired) electrons. The van der Waals surface area contributed by atoms with E-state index in [0.29, 0.717) is 6.54 Å². The average molecular weight is 287 g/mol. The smallest absolute Gasteiger partial charge is 0.214 e. The molecule has 0 aromatic carbocycles. The van der Waals surface area contributed by atoms with Crippen molar-refractivity contribution in [2.24, 2.45) is 11.1 Å². The van der Waals surface area contributed by atoms with Crippen LogP contribution in [0.5, 0.6) is 0 Å². The second-order valence-electron chi connectivity index (χ2n) is 7.00. The van der Waals surface area contributed by atoms with E-state index in [9.17, 15) is 0 Å². The summed E-state index contributed by atoms with van der Waals surface area (Å²) >= 11 is 0. The van der Waals surface area contributed by atoms with Gasteiger partial charge >= 0.3 is 0 Å². The van der Waals surface area contributed by atoms with Gasteiger partial charge in [0.1, 0.15) is 5.76 Å². The topological polar surface area (TPSA) is 57.0 Å². The maximum absolute atomic E-state index is 6.37. The second kappa shape index (κ2) is 5.02. The minimum absolute atomic E-state index is 0.138. The van der Waals surface area contributed by atoms with Crippen LogP contribution in [0.1, 0.15) is 61.8 Å². The van der Waals surface area contributed by atoms with Crippen molar-refractivity contribution in [1.29, 1.82) is 0 Å². The van der Waals surface area contributed by atoms with Crippen LogP contribution in [0.4, 0.5) is 0 Å². The van der Waals surface area contributed by atoms with Gasteiger partial charge in [0.25, 0.3) is 0 Å². The van der Waals surface area contributed by atoms with Crippen LogP contribution in [0, 0.1) is 12.3 Å². The molecule has 114 valence electrons. The maximum Gasteiger partial charge on any atom is 0.214 e. The van der Waals surface area contributed by atoms with E-state index in [1.807, 2.05) is 6.20 Å². The number of hydrogen-bond donors (Lipinski definition) is 1. The fourth-order valence-electron chi connectivity index (χ4n) is 3.44. The van der Waals surface area contributed by atoms with Gasteiger partial charge in [-0.1, -0.05) is 20.8 Å². The van der Waals surface area contributed by atoms with Gasteiger partial charge in [-0.05, 0) is 36.8 Å². The standard InChI is InChI=1S/C17H25N3O/c1-5-12-9-19-16(21-12)10-20-11(2)6-13-14(18)7-17(3,4)8-15(13)20/h6,9,14H,5,7-8,10,18H2,1-4H3. The number of hydrogen-bond acceptors (Lipinski definition) is 3. The molecule has 0 saturated carbocycles. The molecule has 3 rings (SSSR count). The zero-order valence-corrected chi connectivity index (χ0v) is 13.4. The zero-order chi connectivity index (χ0) is 15.2. The molecule has 4 nitrogen and oxygen atoms in total. The third-order valence-corrected chi connectivity index (χ3v) is 4.51. The van der Waals surface area contributed by atoms with Crippen LogP contribution < -0.4 is 5.73 Å². The molecule has 0 aliphatic heterocycles. The van der Waals surface area contributed by atoms with E-state index in [1.54, 1.807) is 0 Å². The van der Waals surface area contributed by atoms with E-state index in [1.165, 1.54) is 17.0 Å². The van der Waals surface area contributed by atoms with Crippen molar-refractivity contribution in [1.82, 2.24) is 9.55 Å². The molecular weight excluding hydrogens is 262 g/mol. The molecule has 1 aliphatic carbocycles. The molecule has 0 spiro atoms. The first-order valence-corrected chi connectivity index (χ1v) is 7.77. The first-order chi connectivity index (χ1) is 9.89. The Labute approximate surface area is 126 Å². The van der Waals surface area contributed by atoms with Gasteiger partial charge in [0.15, 0.2) is 0 Å². The second-order valence-corrected chi connectivity index (χ2v) is 7.00. The lowest BCUT2D eigenvalue weighted by Crippen LogP contribution is -2.30. The number of aromatic nitrogens is 2. The van der Waals surface area contributed by atoms with E-state index < -0.39 is 0 Å². The van der Waals surface area contributed by atoms with Gasteiger partial charge in [-0.3, -0.25) is 0 Å². The van der Waals surface area contributed by atoms with Crippen molar-refractivity contribution in [2.75, 3.05) is 0 Å². The number of aryl methyl sites for hydroxylation is 2. The molecule has 2 N–H and O–H groups in total. The number of nitrogens with two attached hydrogens (primary N) is 1. The van der Waals surface area contributed by atoms with Gasteiger partial charge in [0, 0.05) is 23.9 Å². The zero-order valence-electron chi connectivity index (χ0n) is 13.4. The number of fused-ring (bicyclic) bond motifs is 1. The molecule has 0 bridgehead atoms. The first-order valence-electron chi connectivity index (χ1n) is 7.77. The molecule has 0 saturated heterocycles. The largest absolute Gasteiger partial charge is 0.444 e. The van der Waals surface area contributed by atoms with Gasteiger partial charge in [0.2, 0.25) is 5.89 Å². The van der Waals surface area contributed by atoms with E-state index in [4.69, 9.17) is 10.2 Å². The lowest BCUT2D eigenvalue weighted by Gasteiger charge is -2.34. The normalized spacial score (nSPS) is 20.5. The van der Waals surface area contributed by atoms with E-state index in [0.717, 1.165) is 30.9 Å². The van der Waals surface area contributed by atoms with Crippen LogP contribution in [0.25, 0.3) is 0 Å². The van der Waals surface area contributed by atoms with E-state index in [-0.39, 0.29) is 11.5 Å². The van der Waals surface area contributed by atoms with Crippen molar-refractivity contribution in [3.05, 3.63) is 40.9 Å². The molecule has 21 heavy (non-hydrogen) atoms. The molecule has 1 aliphatic rings. The van der Waals surface area contributed by atoms with Gasteiger partial charge in [-0.2, -0.15) is 0 Å². The van der Waals surface area contributed by atoms with Gasteiger partial charge < -0.3 is 14.7 Å². The lowest BCUT2D eigenvalue weighted by molar-refractivity contribution is 0.274. The highest BCUT2D eigenvalue weighted by atomic mass is 16.4. The Balaban J connectivity index is 1.96. The predicted molar refractivity (Wildman–Crippen MR) is 83.2 cm³/mol.